The number of fused-ring (bicyclic) bond motifs is 8. The summed E-state index contributed by atoms with van der Waals surface area (Å²) in [5.41, 5.74) is 4.21. The number of ketones is 2. The quantitative estimate of drug-likeness (QED) is 0.0603. The maximum atomic E-state index is 14.7. The van der Waals surface area contributed by atoms with Crippen LogP contribution in [-0.2, 0) is 17.6 Å². The highest BCUT2D eigenvalue weighted by Gasteiger charge is 2.55. The first-order chi connectivity index (χ1) is 33.2. The molecule has 0 unspecified atom stereocenters. The van der Waals surface area contributed by atoms with E-state index in [1.54, 1.807) is 70.2 Å². The molecular formula is C58H62N2O10. The Labute approximate surface area is 409 Å². The molecule has 4 aromatic carbocycles. The van der Waals surface area contributed by atoms with Crippen LogP contribution in [0.25, 0.3) is 6.08 Å². The second-order valence-corrected chi connectivity index (χ2v) is 20.0. The SMILES string of the molecule is C/C=C/C=C/c1c(CC=C(C)C)cc2c(c1[C@H](Nc1ccccc1C(=O)O)[C@H]1c3c(CC=C(C)C)cc4c(c3[C@@H]3OC(=O)c5ccccc5N3[C@H]1/C=C/C)OC(C)(C)[C@H](O)C4=O)OC(C)(C)[C@@H](O)C2=O. The van der Waals surface area contributed by atoms with Gasteiger partial charge in [0.05, 0.1) is 45.6 Å². The van der Waals surface area contributed by atoms with Crippen molar-refractivity contribution in [1.29, 1.82) is 0 Å². The number of carboxylic acids is 1. The molecule has 4 aromatic rings. The normalized spacial score (nSPS) is 22.2. The maximum Gasteiger partial charge on any atom is 0.342 e. The van der Waals surface area contributed by atoms with Gasteiger partial charge < -0.3 is 39.7 Å². The summed E-state index contributed by atoms with van der Waals surface area (Å²) in [4.78, 5) is 58.9. The maximum absolute atomic E-state index is 14.7. The Morgan fingerprint density at radius 2 is 1.34 bits per heavy atom. The second-order valence-electron chi connectivity index (χ2n) is 20.0. The van der Waals surface area contributed by atoms with E-state index >= 15 is 0 Å². The highest BCUT2D eigenvalue weighted by molar-refractivity contribution is 6.06. The van der Waals surface area contributed by atoms with Gasteiger partial charge in [0.1, 0.15) is 22.7 Å². The summed E-state index contributed by atoms with van der Waals surface area (Å²) in [6.45, 7) is 18.3. The molecule has 4 aliphatic heterocycles. The number of benzene rings is 4. The number of anilines is 2. The average Bonchev–Trinajstić information content (AvgIpc) is 3.31. The van der Waals surface area contributed by atoms with E-state index in [1.807, 2.05) is 101 Å². The molecule has 4 N–H and O–H groups in total. The average molecular weight is 947 g/mol. The van der Waals surface area contributed by atoms with Crippen molar-refractivity contribution >= 4 is 41.0 Å². The number of esters is 1. The summed E-state index contributed by atoms with van der Waals surface area (Å²) in [7, 11) is 0. The van der Waals surface area contributed by atoms with Crippen LogP contribution in [0.4, 0.5) is 11.4 Å². The van der Waals surface area contributed by atoms with Crippen LogP contribution in [0.5, 0.6) is 11.5 Å². The Hall–Kier alpha value is -7.02. The largest absolute Gasteiger partial charge is 0.483 e. The fourth-order valence-electron chi connectivity index (χ4n) is 10.2. The van der Waals surface area contributed by atoms with Crippen LogP contribution < -0.4 is 19.7 Å². The van der Waals surface area contributed by atoms with E-state index < -0.39 is 71.1 Å². The first-order valence-electron chi connectivity index (χ1n) is 23.8. The molecule has 6 atom stereocenters. The van der Waals surface area contributed by atoms with Crippen LogP contribution in [0, 0.1) is 0 Å². The van der Waals surface area contributed by atoms with Gasteiger partial charge in [0.2, 0.25) is 6.23 Å². The van der Waals surface area contributed by atoms with Crippen LogP contribution in [0.3, 0.4) is 0 Å². The lowest BCUT2D eigenvalue weighted by Crippen LogP contribution is -2.55. The number of hydrogen-bond donors (Lipinski definition) is 4. The number of ether oxygens (including phenoxy) is 3. The fraction of sp³-hybridized carbons (Fsp3) is 0.345. The van der Waals surface area contributed by atoms with Crippen LogP contribution in [0.15, 0.2) is 114 Å². The Morgan fingerprint density at radius 1 is 0.757 bits per heavy atom. The summed E-state index contributed by atoms with van der Waals surface area (Å²) in [5, 5.41) is 37.7. The number of para-hydroxylation sites is 2. The summed E-state index contributed by atoms with van der Waals surface area (Å²) in [6.07, 6.45) is 12.2. The van der Waals surface area contributed by atoms with Gasteiger partial charge in [-0.1, -0.05) is 84.0 Å². The van der Waals surface area contributed by atoms with E-state index in [2.05, 4.69) is 11.4 Å². The minimum atomic E-state index is -1.52. The van der Waals surface area contributed by atoms with Crippen molar-refractivity contribution in [2.45, 2.75) is 130 Å². The van der Waals surface area contributed by atoms with Gasteiger partial charge in [-0.3, -0.25) is 9.59 Å². The smallest absolute Gasteiger partial charge is 0.342 e. The first-order valence-corrected chi connectivity index (χ1v) is 23.8. The third kappa shape index (κ3) is 8.68. The van der Waals surface area contributed by atoms with Gasteiger partial charge in [-0.25, -0.2) is 9.59 Å². The molecule has 8 rings (SSSR count). The number of aliphatic hydroxyl groups excluding tert-OH is 2. The number of hydrogen-bond acceptors (Lipinski definition) is 11. The Balaban J connectivity index is 1.63. The molecule has 0 aliphatic carbocycles. The molecule has 0 bridgehead atoms. The number of nitrogens with one attached hydrogen (secondary N) is 1. The van der Waals surface area contributed by atoms with Crippen molar-refractivity contribution in [3.63, 3.8) is 0 Å². The van der Waals surface area contributed by atoms with Crippen molar-refractivity contribution in [2.24, 2.45) is 0 Å². The zero-order valence-corrected chi connectivity index (χ0v) is 41.4. The summed E-state index contributed by atoms with van der Waals surface area (Å²) >= 11 is 0. The molecule has 0 fully saturated rings. The Bertz CT molecular complexity index is 2960. The number of aliphatic hydroxyl groups is 2. The van der Waals surface area contributed by atoms with Crippen molar-refractivity contribution in [3.05, 3.63) is 170 Å². The topological polar surface area (TPSA) is 172 Å². The van der Waals surface area contributed by atoms with Gasteiger partial charge >= 0.3 is 11.9 Å². The predicted octanol–water partition coefficient (Wildman–Crippen LogP) is 11.0. The van der Waals surface area contributed by atoms with E-state index in [-0.39, 0.29) is 33.9 Å². The second kappa shape index (κ2) is 19.1. The van der Waals surface area contributed by atoms with Crippen molar-refractivity contribution in [1.82, 2.24) is 0 Å². The molecule has 4 heterocycles. The molecule has 0 aromatic heterocycles. The number of carboxylic acid groups (broad SMARTS) is 1. The minimum Gasteiger partial charge on any atom is -0.483 e. The molecular weight excluding hydrogens is 885 g/mol. The molecule has 0 amide bonds. The van der Waals surface area contributed by atoms with E-state index in [4.69, 9.17) is 14.2 Å². The van der Waals surface area contributed by atoms with Gasteiger partial charge in [-0.2, -0.15) is 0 Å². The number of Topliss-reactive ketones (excluding diaryl/α,β-unsaturated/α-hetero) is 2. The van der Waals surface area contributed by atoms with Crippen LogP contribution >= 0.6 is 0 Å². The fourth-order valence-corrected chi connectivity index (χ4v) is 10.2. The Kier molecular flexibility index (Phi) is 13.4. The van der Waals surface area contributed by atoms with Crippen LogP contribution in [0.1, 0.15) is 162 Å². The number of allylic oxidation sites excluding steroid dienone is 8. The molecule has 12 nitrogen and oxygen atoms in total. The first kappa shape index (κ1) is 49.4. The van der Waals surface area contributed by atoms with Crippen molar-refractivity contribution in [2.75, 3.05) is 10.2 Å². The van der Waals surface area contributed by atoms with Crippen molar-refractivity contribution in [3.8, 4) is 11.5 Å². The van der Waals surface area contributed by atoms with Crippen molar-refractivity contribution < 1.29 is 48.7 Å². The number of aromatic carboxylic acids is 1. The zero-order valence-electron chi connectivity index (χ0n) is 41.4. The standard InChI is InChI=1S/C58H62N2O10/c1-11-13-14-20-35-33(27-25-31(3)4)29-38-48(61)52(63)57(7,8)69-50(38)44(35)47(59-40-23-17-15-21-36(40)55(65)66)45-42(19-12-2)60-41-24-18-16-22-37(41)56(67)68-54(60)46-43(45)34(28-26-32(5)6)30-39-49(62)53(64)58(9,10)70-51(39)46/h11-26,29-30,42,45,47,52-54,59,63-64H,27-28H2,1-10H3,(H,65,66)/b13-11+,19-12+,20-14+/t42-,45+,47-,52-,53+,54-/m0/s1. The summed E-state index contributed by atoms with van der Waals surface area (Å²) in [6, 6.07) is 15.6. The van der Waals surface area contributed by atoms with Gasteiger partial charge in [-0.15, -0.1) is 0 Å². The highest BCUT2D eigenvalue weighted by atomic mass is 16.6. The third-order valence-corrected chi connectivity index (χ3v) is 13.7. The van der Waals surface area contributed by atoms with E-state index in [1.165, 1.54) is 6.07 Å². The summed E-state index contributed by atoms with van der Waals surface area (Å²) in [5.74, 6) is -3.32. The summed E-state index contributed by atoms with van der Waals surface area (Å²) < 4.78 is 20.3. The third-order valence-electron chi connectivity index (χ3n) is 13.7. The zero-order chi connectivity index (χ0) is 50.6. The van der Waals surface area contributed by atoms with E-state index in [0.29, 0.717) is 51.9 Å². The molecule has 364 valence electrons. The predicted molar refractivity (Wildman–Crippen MR) is 271 cm³/mol. The lowest BCUT2D eigenvalue weighted by atomic mass is 9.69. The van der Waals surface area contributed by atoms with Crippen LogP contribution in [-0.4, -0.2) is 68.3 Å². The molecule has 0 saturated carbocycles. The molecule has 0 radical (unpaired) electrons. The number of nitrogens with zero attached hydrogens (tertiary/aromatic N) is 1. The molecule has 4 aliphatic rings. The van der Waals surface area contributed by atoms with Crippen LogP contribution in [0.2, 0.25) is 0 Å². The number of carbonyl (C=O) groups excluding carboxylic acids is 3. The van der Waals surface area contributed by atoms with Gasteiger partial charge in [0.15, 0.2) is 23.8 Å². The number of carbonyl (C=O) groups is 4. The van der Waals surface area contributed by atoms with Gasteiger partial charge in [0, 0.05) is 17.2 Å². The van der Waals surface area contributed by atoms with Gasteiger partial charge in [0.25, 0.3) is 0 Å². The minimum absolute atomic E-state index is 0.0190. The number of rotatable bonds is 12. The van der Waals surface area contributed by atoms with E-state index in [9.17, 15) is 34.5 Å². The Morgan fingerprint density at radius 3 is 1.97 bits per heavy atom. The van der Waals surface area contributed by atoms with Gasteiger partial charge in [-0.05, 0) is 141 Å². The monoisotopic (exact) mass is 946 g/mol. The molecule has 0 saturated heterocycles. The lowest BCUT2D eigenvalue weighted by Gasteiger charge is -2.53. The molecule has 12 heteroatoms. The highest BCUT2D eigenvalue weighted by Crippen LogP contribution is 2.59. The molecule has 0 spiro atoms. The van der Waals surface area contributed by atoms with E-state index in [0.717, 1.165) is 16.7 Å². The lowest BCUT2D eigenvalue weighted by molar-refractivity contribution is -0.0282. The molecule has 70 heavy (non-hydrogen) atoms.